The third-order valence-corrected chi connectivity index (χ3v) is 4.86. The molecule has 132 valence electrons. The van der Waals surface area contributed by atoms with Gasteiger partial charge in [0.1, 0.15) is 0 Å². The van der Waals surface area contributed by atoms with Crippen molar-refractivity contribution in [2.45, 2.75) is 44.8 Å². The number of rotatable bonds is 3. The number of nitrogens with one attached hydrogen (secondary N) is 1. The maximum absolute atomic E-state index is 12.5. The highest BCUT2D eigenvalue weighted by Gasteiger charge is 2.40. The van der Waals surface area contributed by atoms with Gasteiger partial charge in [0, 0.05) is 31.6 Å². The van der Waals surface area contributed by atoms with Crippen LogP contribution in [0.3, 0.4) is 0 Å². The van der Waals surface area contributed by atoms with Crippen molar-refractivity contribution >= 4 is 11.6 Å². The summed E-state index contributed by atoms with van der Waals surface area (Å²) >= 11 is 0. The topological polar surface area (TPSA) is 50.8 Å². The molecule has 3 rings (SSSR count). The first-order valence-corrected chi connectivity index (χ1v) is 8.79. The molecule has 0 saturated carbocycles. The lowest BCUT2D eigenvalue weighted by Gasteiger charge is -2.37. The molecule has 0 atom stereocenters. The molecule has 1 aromatic rings. The Labute approximate surface area is 144 Å². The zero-order chi connectivity index (χ0) is 17.2. The van der Waals surface area contributed by atoms with Crippen molar-refractivity contribution in [2.75, 3.05) is 38.2 Å². The van der Waals surface area contributed by atoms with Gasteiger partial charge in [-0.25, -0.2) is 0 Å². The Hall–Kier alpha value is -1.59. The van der Waals surface area contributed by atoms with Crippen molar-refractivity contribution in [3.8, 4) is 0 Å². The van der Waals surface area contributed by atoms with Crippen molar-refractivity contribution in [1.82, 2.24) is 4.90 Å². The molecule has 1 amide bonds. The van der Waals surface area contributed by atoms with Crippen LogP contribution in [0, 0.1) is 0 Å². The van der Waals surface area contributed by atoms with Crippen LogP contribution in [0.2, 0.25) is 0 Å². The third-order valence-electron chi connectivity index (χ3n) is 4.86. The van der Waals surface area contributed by atoms with Crippen molar-refractivity contribution in [3.63, 3.8) is 0 Å². The minimum Gasteiger partial charge on any atom is -0.376 e. The predicted octanol–water partition coefficient (Wildman–Crippen LogP) is 2.76. The van der Waals surface area contributed by atoms with Gasteiger partial charge in [0.05, 0.1) is 19.8 Å². The number of piperidine rings is 1. The molecular formula is C19H28N2O3. The second-order valence-corrected chi connectivity index (χ2v) is 7.64. The highest BCUT2D eigenvalue weighted by molar-refractivity contribution is 5.81. The van der Waals surface area contributed by atoms with Gasteiger partial charge in [-0.2, -0.15) is 0 Å². The fourth-order valence-corrected chi connectivity index (χ4v) is 3.46. The van der Waals surface area contributed by atoms with Gasteiger partial charge in [-0.1, -0.05) is 39.0 Å². The van der Waals surface area contributed by atoms with Crippen LogP contribution in [0.4, 0.5) is 5.69 Å². The molecule has 1 N–H and O–H groups in total. The Bertz CT molecular complexity index is 579. The summed E-state index contributed by atoms with van der Waals surface area (Å²) in [5, 5.41) is 3.32. The number of carbonyl (C=O) groups excluding carboxylic acids is 1. The van der Waals surface area contributed by atoms with Crippen LogP contribution in [-0.2, 0) is 19.7 Å². The van der Waals surface area contributed by atoms with Crippen LogP contribution < -0.4 is 5.32 Å². The van der Waals surface area contributed by atoms with Crippen molar-refractivity contribution in [3.05, 3.63) is 29.8 Å². The summed E-state index contributed by atoms with van der Waals surface area (Å²) in [7, 11) is 0. The van der Waals surface area contributed by atoms with E-state index < -0.39 is 5.79 Å². The second kappa shape index (κ2) is 6.73. The molecule has 0 unspecified atom stereocenters. The van der Waals surface area contributed by atoms with E-state index in [2.05, 4.69) is 32.2 Å². The number of ether oxygens (including phenoxy) is 2. The normalized spacial score (nSPS) is 20.4. The second-order valence-electron chi connectivity index (χ2n) is 7.64. The molecule has 2 fully saturated rings. The first-order valence-electron chi connectivity index (χ1n) is 8.79. The summed E-state index contributed by atoms with van der Waals surface area (Å²) in [6, 6.07) is 8.20. The molecular weight excluding hydrogens is 304 g/mol. The monoisotopic (exact) mass is 332 g/mol. The SMILES string of the molecule is CC(C)(C)c1ccccc1NCC(=O)N1CCC2(CC1)OCCO2. The lowest BCUT2D eigenvalue weighted by molar-refractivity contribution is -0.187. The highest BCUT2D eigenvalue weighted by atomic mass is 16.7. The molecule has 0 radical (unpaired) electrons. The Balaban J connectivity index is 1.55. The molecule has 0 aliphatic carbocycles. The van der Waals surface area contributed by atoms with Crippen LogP contribution in [0.25, 0.3) is 0 Å². The maximum atomic E-state index is 12.5. The van der Waals surface area contributed by atoms with Crippen LogP contribution in [0.15, 0.2) is 24.3 Å². The molecule has 1 spiro atoms. The fourth-order valence-electron chi connectivity index (χ4n) is 3.46. The maximum Gasteiger partial charge on any atom is 0.241 e. The molecule has 2 heterocycles. The zero-order valence-electron chi connectivity index (χ0n) is 14.9. The molecule has 5 nitrogen and oxygen atoms in total. The van der Waals surface area contributed by atoms with E-state index in [1.807, 2.05) is 23.1 Å². The predicted molar refractivity (Wildman–Crippen MR) is 94.1 cm³/mol. The minimum atomic E-state index is -0.428. The number of likely N-dealkylation sites (tertiary alicyclic amines) is 1. The summed E-state index contributed by atoms with van der Waals surface area (Å²) in [5.74, 6) is -0.296. The lowest BCUT2D eigenvalue weighted by atomic mass is 9.86. The summed E-state index contributed by atoms with van der Waals surface area (Å²) in [6.07, 6.45) is 1.52. The van der Waals surface area contributed by atoms with E-state index in [1.54, 1.807) is 0 Å². The van der Waals surface area contributed by atoms with Gasteiger partial charge in [0.15, 0.2) is 5.79 Å². The molecule has 1 aromatic carbocycles. The Morgan fingerprint density at radius 3 is 2.42 bits per heavy atom. The van der Waals surface area contributed by atoms with Gasteiger partial charge < -0.3 is 19.7 Å². The number of hydrogen-bond acceptors (Lipinski definition) is 4. The van der Waals surface area contributed by atoms with E-state index in [4.69, 9.17) is 9.47 Å². The van der Waals surface area contributed by atoms with Gasteiger partial charge in [-0.05, 0) is 17.0 Å². The Morgan fingerprint density at radius 1 is 1.17 bits per heavy atom. The van der Waals surface area contributed by atoms with Gasteiger partial charge in [-0.15, -0.1) is 0 Å². The average molecular weight is 332 g/mol. The molecule has 2 aliphatic heterocycles. The lowest BCUT2D eigenvalue weighted by Crippen LogP contribution is -2.48. The number of hydrogen-bond donors (Lipinski definition) is 1. The fraction of sp³-hybridized carbons (Fsp3) is 0.632. The highest BCUT2D eigenvalue weighted by Crippen LogP contribution is 2.32. The van der Waals surface area contributed by atoms with Crippen LogP contribution in [-0.4, -0.2) is 49.4 Å². The van der Waals surface area contributed by atoms with Crippen molar-refractivity contribution in [2.24, 2.45) is 0 Å². The van der Waals surface area contributed by atoms with Gasteiger partial charge >= 0.3 is 0 Å². The molecule has 2 aliphatic rings. The number of benzene rings is 1. The average Bonchev–Trinajstić information content (AvgIpc) is 3.01. The summed E-state index contributed by atoms with van der Waals surface area (Å²) in [6.45, 7) is 9.59. The molecule has 24 heavy (non-hydrogen) atoms. The van der Waals surface area contributed by atoms with E-state index in [0.29, 0.717) is 32.8 Å². The largest absolute Gasteiger partial charge is 0.376 e. The first-order chi connectivity index (χ1) is 11.4. The van der Waals surface area contributed by atoms with Crippen molar-refractivity contribution in [1.29, 1.82) is 0 Å². The smallest absolute Gasteiger partial charge is 0.241 e. The van der Waals surface area contributed by atoms with E-state index in [-0.39, 0.29) is 11.3 Å². The van der Waals surface area contributed by atoms with Crippen LogP contribution in [0.1, 0.15) is 39.2 Å². The number of nitrogens with zero attached hydrogens (tertiary/aromatic N) is 1. The van der Waals surface area contributed by atoms with E-state index in [0.717, 1.165) is 18.5 Å². The van der Waals surface area contributed by atoms with E-state index in [9.17, 15) is 4.79 Å². The van der Waals surface area contributed by atoms with Gasteiger partial charge in [0.25, 0.3) is 0 Å². The number of para-hydroxylation sites is 1. The Morgan fingerprint density at radius 2 is 1.79 bits per heavy atom. The molecule has 0 aromatic heterocycles. The zero-order valence-corrected chi connectivity index (χ0v) is 14.9. The van der Waals surface area contributed by atoms with Crippen LogP contribution >= 0.6 is 0 Å². The number of amides is 1. The number of anilines is 1. The van der Waals surface area contributed by atoms with Crippen molar-refractivity contribution < 1.29 is 14.3 Å². The summed E-state index contributed by atoms with van der Waals surface area (Å²) in [5.41, 5.74) is 2.30. The van der Waals surface area contributed by atoms with Gasteiger partial charge in [-0.3, -0.25) is 4.79 Å². The van der Waals surface area contributed by atoms with Gasteiger partial charge in [0.2, 0.25) is 5.91 Å². The Kier molecular flexibility index (Phi) is 4.83. The quantitative estimate of drug-likeness (QED) is 0.925. The van der Waals surface area contributed by atoms with E-state index in [1.165, 1.54) is 5.56 Å². The first kappa shape index (κ1) is 17.2. The third kappa shape index (κ3) is 3.73. The molecule has 0 bridgehead atoms. The standard InChI is InChI=1S/C19H28N2O3/c1-18(2,3)15-6-4-5-7-16(15)20-14-17(22)21-10-8-19(9-11-21)23-12-13-24-19/h4-7,20H,8-14H2,1-3H3. The van der Waals surface area contributed by atoms with Crippen LogP contribution in [0.5, 0.6) is 0 Å². The summed E-state index contributed by atoms with van der Waals surface area (Å²) < 4.78 is 11.4. The summed E-state index contributed by atoms with van der Waals surface area (Å²) in [4.78, 5) is 14.4. The number of carbonyl (C=O) groups is 1. The minimum absolute atomic E-state index is 0.0430. The van der Waals surface area contributed by atoms with E-state index >= 15 is 0 Å². The molecule has 2 saturated heterocycles. The molecule has 5 heteroatoms.